The fourth-order valence-electron chi connectivity index (χ4n) is 1.95. The summed E-state index contributed by atoms with van der Waals surface area (Å²) in [5.74, 6) is -1.10. The number of allylic oxidation sites excluding steroid dienone is 1. The third-order valence-corrected chi connectivity index (χ3v) is 4.56. The molecule has 0 saturated heterocycles. The highest BCUT2D eigenvalue weighted by Gasteiger charge is 2.30. The van der Waals surface area contributed by atoms with Crippen LogP contribution in [0.3, 0.4) is 0 Å². The van der Waals surface area contributed by atoms with Crippen LogP contribution in [0.25, 0.3) is 0 Å². The Morgan fingerprint density at radius 3 is 2.80 bits per heavy atom. The molecule has 0 radical (unpaired) electrons. The zero-order chi connectivity index (χ0) is 14.8. The van der Waals surface area contributed by atoms with Crippen LogP contribution in [0, 0.1) is 0 Å². The summed E-state index contributed by atoms with van der Waals surface area (Å²) in [6.45, 7) is 2.16. The number of carboxylic acids is 1. The van der Waals surface area contributed by atoms with Gasteiger partial charge in [0.2, 0.25) is 10.0 Å². The number of carboxylic acid groups (broad SMARTS) is 1. The van der Waals surface area contributed by atoms with Gasteiger partial charge in [-0.3, -0.25) is 0 Å². The molecule has 1 saturated carbocycles. The number of hydrogen-bond donors (Lipinski definition) is 2. The molecular formula is C13H18N2O4S. The molecule has 0 aliphatic heterocycles. The van der Waals surface area contributed by atoms with Gasteiger partial charge in [0.25, 0.3) is 0 Å². The average molecular weight is 298 g/mol. The molecule has 1 aliphatic rings. The monoisotopic (exact) mass is 298 g/mol. The van der Waals surface area contributed by atoms with E-state index in [1.54, 1.807) is 4.57 Å². The Morgan fingerprint density at radius 2 is 2.25 bits per heavy atom. The molecule has 1 aromatic rings. The predicted molar refractivity (Wildman–Crippen MR) is 74.3 cm³/mol. The molecule has 0 atom stereocenters. The lowest BCUT2D eigenvalue weighted by atomic mass is 10.4. The topological polar surface area (TPSA) is 88.4 Å². The summed E-state index contributed by atoms with van der Waals surface area (Å²) in [7, 11) is -3.65. The lowest BCUT2D eigenvalue weighted by Crippen LogP contribution is -2.24. The molecule has 7 heteroatoms. The van der Waals surface area contributed by atoms with Crippen LogP contribution in [0.5, 0.6) is 0 Å². The second kappa shape index (κ2) is 5.80. The number of rotatable bonds is 7. The maximum atomic E-state index is 12.1. The molecule has 2 N–H and O–H groups in total. The highest BCUT2D eigenvalue weighted by atomic mass is 32.2. The highest BCUT2D eigenvalue weighted by Crippen LogP contribution is 2.37. The molecule has 0 bridgehead atoms. The summed E-state index contributed by atoms with van der Waals surface area (Å²) in [5.41, 5.74) is 0.0290. The van der Waals surface area contributed by atoms with Crippen molar-refractivity contribution in [2.75, 3.05) is 6.54 Å². The molecule has 1 fully saturated rings. The maximum absolute atomic E-state index is 12.1. The average Bonchev–Trinajstić information content (AvgIpc) is 3.12. The van der Waals surface area contributed by atoms with Gasteiger partial charge in [0.1, 0.15) is 10.6 Å². The van der Waals surface area contributed by atoms with Crippen LogP contribution < -0.4 is 4.72 Å². The number of nitrogens with zero attached hydrogens (tertiary/aromatic N) is 1. The van der Waals surface area contributed by atoms with E-state index in [4.69, 9.17) is 5.11 Å². The van der Waals surface area contributed by atoms with Crippen LogP contribution >= 0.6 is 0 Å². The number of sulfonamides is 1. The van der Waals surface area contributed by atoms with Crippen molar-refractivity contribution in [1.82, 2.24) is 9.29 Å². The van der Waals surface area contributed by atoms with Gasteiger partial charge in [-0.15, -0.1) is 0 Å². The van der Waals surface area contributed by atoms with Crippen molar-refractivity contribution < 1.29 is 18.3 Å². The minimum Gasteiger partial charge on any atom is -0.477 e. The maximum Gasteiger partial charge on any atom is 0.352 e. The van der Waals surface area contributed by atoms with Gasteiger partial charge in [-0.1, -0.05) is 12.2 Å². The van der Waals surface area contributed by atoms with Gasteiger partial charge < -0.3 is 9.67 Å². The van der Waals surface area contributed by atoms with Gasteiger partial charge >= 0.3 is 5.97 Å². The number of carbonyl (C=O) groups is 1. The molecule has 110 valence electrons. The molecule has 0 spiro atoms. The van der Waals surface area contributed by atoms with Crippen molar-refractivity contribution in [1.29, 1.82) is 0 Å². The molecule has 1 aliphatic carbocycles. The number of nitrogens with one attached hydrogen (secondary N) is 1. The van der Waals surface area contributed by atoms with Crippen LogP contribution in [0.2, 0.25) is 0 Å². The Morgan fingerprint density at radius 1 is 1.55 bits per heavy atom. The molecule has 6 nitrogen and oxygen atoms in total. The van der Waals surface area contributed by atoms with Crippen molar-refractivity contribution in [2.24, 2.45) is 0 Å². The lowest BCUT2D eigenvalue weighted by molar-refractivity contribution is 0.0685. The standard InChI is InChI=1S/C13H18N2O4S/c1-2-3-4-7-14-20(18,19)11-8-12(13(16)17)15(9-11)10-5-6-10/h2-3,8-10,14H,4-7H2,1H3,(H,16,17)/b3-2+. The van der Waals surface area contributed by atoms with Gasteiger partial charge in [-0.05, 0) is 32.3 Å². The van der Waals surface area contributed by atoms with E-state index in [0.29, 0.717) is 13.0 Å². The quantitative estimate of drug-likeness (QED) is 0.593. The van der Waals surface area contributed by atoms with Crippen LogP contribution in [-0.4, -0.2) is 30.6 Å². The molecule has 0 amide bonds. The Bertz CT molecular complexity index is 627. The molecule has 1 heterocycles. The number of aromatic nitrogens is 1. The molecule has 20 heavy (non-hydrogen) atoms. The molecule has 1 aromatic heterocycles. The SMILES string of the molecule is C/C=C/CCNS(=O)(=O)c1cc(C(=O)O)n(C2CC2)c1. The third-order valence-electron chi connectivity index (χ3n) is 3.13. The van der Waals surface area contributed by atoms with E-state index >= 15 is 0 Å². The van der Waals surface area contributed by atoms with E-state index < -0.39 is 16.0 Å². The molecule has 0 unspecified atom stereocenters. The Hall–Kier alpha value is -1.60. The minimum atomic E-state index is -3.65. The van der Waals surface area contributed by atoms with E-state index in [1.807, 2.05) is 19.1 Å². The first-order valence-corrected chi connectivity index (χ1v) is 8.00. The van der Waals surface area contributed by atoms with Crippen molar-refractivity contribution in [2.45, 2.75) is 37.1 Å². The summed E-state index contributed by atoms with van der Waals surface area (Å²) >= 11 is 0. The second-order valence-electron chi connectivity index (χ2n) is 4.76. The summed E-state index contributed by atoms with van der Waals surface area (Å²) < 4.78 is 28.2. The fourth-order valence-corrected chi connectivity index (χ4v) is 3.03. The van der Waals surface area contributed by atoms with Crippen molar-refractivity contribution >= 4 is 16.0 Å². The van der Waals surface area contributed by atoms with Gasteiger partial charge in [-0.2, -0.15) is 0 Å². The fraction of sp³-hybridized carbons (Fsp3) is 0.462. The Kier molecular flexibility index (Phi) is 4.29. The van der Waals surface area contributed by atoms with E-state index in [-0.39, 0.29) is 16.6 Å². The third kappa shape index (κ3) is 3.29. The van der Waals surface area contributed by atoms with E-state index in [9.17, 15) is 13.2 Å². The normalized spacial score (nSPS) is 15.8. The van der Waals surface area contributed by atoms with Crippen LogP contribution in [0.1, 0.15) is 42.7 Å². The van der Waals surface area contributed by atoms with Crippen molar-refractivity contribution in [3.63, 3.8) is 0 Å². The molecule has 0 aromatic carbocycles. The summed E-state index contributed by atoms with van der Waals surface area (Å²) in [6, 6.07) is 1.34. The number of aromatic carboxylic acids is 1. The molecular weight excluding hydrogens is 280 g/mol. The predicted octanol–water partition coefficient (Wildman–Crippen LogP) is 1.77. The summed E-state index contributed by atoms with van der Waals surface area (Å²) in [4.78, 5) is 11.2. The Labute approximate surface area is 118 Å². The van der Waals surface area contributed by atoms with Gasteiger partial charge in [0.15, 0.2) is 0 Å². The van der Waals surface area contributed by atoms with Crippen molar-refractivity contribution in [3.05, 3.63) is 30.1 Å². The number of hydrogen-bond acceptors (Lipinski definition) is 3. The van der Waals surface area contributed by atoms with E-state index in [2.05, 4.69) is 4.72 Å². The minimum absolute atomic E-state index is 0.0160. The first-order chi connectivity index (χ1) is 9.45. The molecule has 2 rings (SSSR count). The summed E-state index contributed by atoms with van der Waals surface area (Å²) in [5, 5.41) is 9.12. The second-order valence-corrected chi connectivity index (χ2v) is 6.53. The van der Waals surface area contributed by atoms with Gasteiger partial charge in [0.05, 0.1) is 0 Å². The van der Waals surface area contributed by atoms with E-state index in [1.165, 1.54) is 12.3 Å². The first kappa shape index (κ1) is 14.8. The Balaban J connectivity index is 2.19. The summed E-state index contributed by atoms with van der Waals surface area (Å²) in [6.07, 6.45) is 7.51. The largest absolute Gasteiger partial charge is 0.477 e. The van der Waals surface area contributed by atoms with E-state index in [0.717, 1.165) is 12.8 Å². The van der Waals surface area contributed by atoms with Crippen LogP contribution in [-0.2, 0) is 10.0 Å². The zero-order valence-corrected chi connectivity index (χ0v) is 12.1. The van der Waals surface area contributed by atoms with Crippen molar-refractivity contribution in [3.8, 4) is 0 Å². The zero-order valence-electron chi connectivity index (χ0n) is 11.2. The van der Waals surface area contributed by atoms with Crippen LogP contribution in [0.15, 0.2) is 29.3 Å². The highest BCUT2D eigenvalue weighted by molar-refractivity contribution is 7.89. The smallest absolute Gasteiger partial charge is 0.352 e. The van der Waals surface area contributed by atoms with Gasteiger partial charge in [0, 0.05) is 18.8 Å². The van der Waals surface area contributed by atoms with Gasteiger partial charge in [-0.25, -0.2) is 17.9 Å². The van der Waals surface area contributed by atoms with Crippen LogP contribution in [0.4, 0.5) is 0 Å². The first-order valence-electron chi connectivity index (χ1n) is 6.51. The lowest BCUT2D eigenvalue weighted by Gasteiger charge is -2.03.